The van der Waals surface area contributed by atoms with Crippen molar-refractivity contribution in [3.8, 4) is 0 Å². The number of hydrogen-bond acceptors (Lipinski definition) is 2. The average molecular weight is 248 g/mol. The highest BCUT2D eigenvalue weighted by Gasteiger charge is 2.17. The van der Waals surface area contributed by atoms with Crippen molar-refractivity contribution >= 4 is 11.6 Å². The Hall–Kier alpha value is -1.35. The highest BCUT2D eigenvalue weighted by atomic mass is 16.2. The molecule has 0 aromatic heterocycles. The Kier molecular flexibility index (Phi) is 5.86. The quantitative estimate of drug-likeness (QED) is 0.773. The predicted octanol–water partition coefficient (Wildman–Crippen LogP) is 2.77. The number of hydrogen-bond donors (Lipinski definition) is 0. The number of para-hydroxylation sites is 1. The normalized spacial score (nSPS) is 12.5. The smallest absolute Gasteiger partial charge is 0.228 e. The lowest BCUT2D eigenvalue weighted by Crippen LogP contribution is -2.38. The van der Waals surface area contributed by atoms with E-state index < -0.39 is 0 Å². The molecular formula is C15H24N2O. The van der Waals surface area contributed by atoms with Gasteiger partial charge in [-0.1, -0.05) is 32.0 Å². The number of carbonyl (C=O) groups is 1. The Morgan fingerprint density at radius 3 is 2.22 bits per heavy atom. The molecule has 0 aliphatic carbocycles. The summed E-state index contributed by atoms with van der Waals surface area (Å²) in [4.78, 5) is 16.2. The molecule has 1 unspecified atom stereocenters. The van der Waals surface area contributed by atoms with Gasteiger partial charge in [0.2, 0.25) is 5.91 Å². The maximum absolute atomic E-state index is 12.2. The van der Waals surface area contributed by atoms with Crippen LogP contribution < -0.4 is 4.90 Å². The van der Waals surface area contributed by atoms with Gasteiger partial charge in [-0.15, -0.1) is 0 Å². The molecule has 1 aromatic rings. The molecule has 3 nitrogen and oxygen atoms in total. The Bertz CT molecular complexity index is 360. The van der Waals surface area contributed by atoms with Crippen molar-refractivity contribution < 1.29 is 4.79 Å². The van der Waals surface area contributed by atoms with Gasteiger partial charge in [0, 0.05) is 25.2 Å². The minimum Gasteiger partial charge on any atom is -0.315 e. The molecule has 0 heterocycles. The topological polar surface area (TPSA) is 23.6 Å². The third-order valence-corrected chi connectivity index (χ3v) is 3.42. The second-order valence-corrected chi connectivity index (χ2v) is 4.56. The summed E-state index contributed by atoms with van der Waals surface area (Å²) in [5.74, 6) is 0.167. The van der Waals surface area contributed by atoms with Gasteiger partial charge in [0.25, 0.3) is 0 Å². The molecule has 0 radical (unpaired) electrons. The van der Waals surface area contributed by atoms with E-state index in [2.05, 4.69) is 25.7 Å². The van der Waals surface area contributed by atoms with Crippen LogP contribution in [-0.2, 0) is 4.79 Å². The Morgan fingerprint density at radius 1 is 1.17 bits per heavy atom. The van der Waals surface area contributed by atoms with Gasteiger partial charge in [-0.05, 0) is 32.1 Å². The SMILES string of the molecule is CCN(CC)C(C)CC(=O)N(C)c1ccccc1. The van der Waals surface area contributed by atoms with Crippen molar-refractivity contribution in [2.45, 2.75) is 33.2 Å². The lowest BCUT2D eigenvalue weighted by atomic mass is 10.1. The fraction of sp³-hybridized carbons (Fsp3) is 0.533. The van der Waals surface area contributed by atoms with Crippen molar-refractivity contribution in [3.05, 3.63) is 30.3 Å². The lowest BCUT2D eigenvalue weighted by molar-refractivity contribution is -0.119. The molecule has 0 saturated carbocycles. The second kappa shape index (κ2) is 7.17. The van der Waals surface area contributed by atoms with E-state index in [4.69, 9.17) is 0 Å². The van der Waals surface area contributed by atoms with Crippen LogP contribution >= 0.6 is 0 Å². The maximum Gasteiger partial charge on any atom is 0.228 e. The zero-order valence-electron chi connectivity index (χ0n) is 11.9. The first-order chi connectivity index (χ1) is 8.60. The third-order valence-electron chi connectivity index (χ3n) is 3.42. The minimum absolute atomic E-state index is 0.167. The molecule has 1 amide bonds. The summed E-state index contributed by atoms with van der Waals surface area (Å²) in [5.41, 5.74) is 0.953. The number of carbonyl (C=O) groups excluding carboxylic acids is 1. The number of amides is 1. The van der Waals surface area contributed by atoms with Crippen LogP contribution in [0.15, 0.2) is 30.3 Å². The van der Waals surface area contributed by atoms with E-state index >= 15 is 0 Å². The molecule has 18 heavy (non-hydrogen) atoms. The molecule has 0 spiro atoms. The van der Waals surface area contributed by atoms with Gasteiger partial charge in [-0.3, -0.25) is 4.79 Å². The summed E-state index contributed by atoms with van der Waals surface area (Å²) >= 11 is 0. The first-order valence-corrected chi connectivity index (χ1v) is 6.65. The summed E-state index contributed by atoms with van der Waals surface area (Å²) in [6, 6.07) is 10.1. The maximum atomic E-state index is 12.2. The van der Waals surface area contributed by atoms with E-state index in [1.807, 2.05) is 37.4 Å². The summed E-state index contributed by atoms with van der Waals surface area (Å²) < 4.78 is 0. The van der Waals surface area contributed by atoms with Gasteiger partial charge >= 0.3 is 0 Å². The Morgan fingerprint density at radius 2 is 1.72 bits per heavy atom. The number of rotatable bonds is 6. The van der Waals surface area contributed by atoms with E-state index in [0.717, 1.165) is 18.8 Å². The molecule has 0 fully saturated rings. The van der Waals surface area contributed by atoms with Gasteiger partial charge in [0.15, 0.2) is 0 Å². The summed E-state index contributed by atoms with van der Waals surface area (Å²) in [5, 5.41) is 0. The molecule has 100 valence electrons. The monoisotopic (exact) mass is 248 g/mol. The average Bonchev–Trinajstić information content (AvgIpc) is 2.40. The zero-order chi connectivity index (χ0) is 13.5. The Balaban J connectivity index is 2.60. The lowest BCUT2D eigenvalue weighted by Gasteiger charge is -2.27. The van der Waals surface area contributed by atoms with Crippen molar-refractivity contribution in [1.29, 1.82) is 0 Å². The highest BCUT2D eigenvalue weighted by Crippen LogP contribution is 2.14. The van der Waals surface area contributed by atoms with Crippen molar-refractivity contribution in [2.24, 2.45) is 0 Å². The largest absolute Gasteiger partial charge is 0.315 e. The van der Waals surface area contributed by atoms with Crippen LogP contribution in [0.3, 0.4) is 0 Å². The first-order valence-electron chi connectivity index (χ1n) is 6.65. The van der Waals surface area contributed by atoms with Gasteiger partial charge < -0.3 is 9.80 Å². The fourth-order valence-electron chi connectivity index (χ4n) is 2.16. The van der Waals surface area contributed by atoms with Crippen LogP contribution in [0.5, 0.6) is 0 Å². The van der Waals surface area contributed by atoms with Gasteiger partial charge in [-0.25, -0.2) is 0 Å². The van der Waals surface area contributed by atoms with E-state index in [1.165, 1.54) is 0 Å². The summed E-state index contributed by atoms with van der Waals surface area (Å²) in [6.45, 7) is 8.35. The molecule has 1 aromatic carbocycles. The molecule has 0 saturated heterocycles. The van der Waals surface area contributed by atoms with E-state index in [-0.39, 0.29) is 5.91 Å². The number of benzene rings is 1. The summed E-state index contributed by atoms with van der Waals surface area (Å²) in [6.07, 6.45) is 0.563. The molecule has 1 rings (SSSR count). The molecule has 0 bridgehead atoms. The van der Waals surface area contributed by atoms with Gasteiger partial charge in [0.05, 0.1) is 0 Å². The van der Waals surface area contributed by atoms with E-state index in [1.54, 1.807) is 4.90 Å². The van der Waals surface area contributed by atoms with Crippen LogP contribution in [0.1, 0.15) is 27.2 Å². The predicted molar refractivity (Wildman–Crippen MR) is 76.9 cm³/mol. The first kappa shape index (κ1) is 14.7. The molecule has 0 aliphatic heterocycles. The standard InChI is InChI=1S/C15H24N2O/c1-5-17(6-2)13(3)12-15(18)16(4)14-10-8-7-9-11-14/h7-11,13H,5-6,12H2,1-4H3. The molecule has 1 atom stereocenters. The summed E-state index contributed by atoms with van der Waals surface area (Å²) in [7, 11) is 1.84. The third kappa shape index (κ3) is 3.84. The minimum atomic E-state index is 0.167. The van der Waals surface area contributed by atoms with Gasteiger partial charge in [0.1, 0.15) is 0 Å². The van der Waals surface area contributed by atoms with Crippen LogP contribution in [0.25, 0.3) is 0 Å². The van der Waals surface area contributed by atoms with Crippen LogP contribution in [0.2, 0.25) is 0 Å². The Labute approximate surface area is 110 Å². The van der Waals surface area contributed by atoms with Crippen molar-refractivity contribution in [3.63, 3.8) is 0 Å². The van der Waals surface area contributed by atoms with Crippen molar-refractivity contribution in [2.75, 3.05) is 25.0 Å². The van der Waals surface area contributed by atoms with Gasteiger partial charge in [-0.2, -0.15) is 0 Å². The van der Waals surface area contributed by atoms with E-state index in [0.29, 0.717) is 12.5 Å². The van der Waals surface area contributed by atoms with Crippen LogP contribution in [0, 0.1) is 0 Å². The molecular weight excluding hydrogens is 224 g/mol. The van der Waals surface area contributed by atoms with Crippen LogP contribution in [-0.4, -0.2) is 37.0 Å². The molecule has 3 heteroatoms. The molecule has 0 aliphatic rings. The fourth-order valence-corrected chi connectivity index (χ4v) is 2.16. The highest BCUT2D eigenvalue weighted by molar-refractivity contribution is 5.93. The molecule has 0 N–H and O–H groups in total. The number of nitrogens with zero attached hydrogens (tertiary/aromatic N) is 2. The van der Waals surface area contributed by atoms with E-state index in [9.17, 15) is 4.79 Å². The van der Waals surface area contributed by atoms with Crippen LogP contribution in [0.4, 0.5) is 5.69 Å². The second-order valence-electron chi connectivity index (χ2n) is 4.56. The zero-order valence-corrected chi connectivity index (χ0v) is 11.9. The van der Waals surface area contributed by atoms with Crippen molar-refractivity contribution in [1.82, 2.24) is 4.90 Å². The number of anilines is 1.